The number of carboxylic acids is 1. The van der Waals surface area contributed by atoms with Crippen LogP contribution in [-0.4, -0.2) is 35.8 Å². The predicted molar refractivity (Wildman–Crippen MR) is 115 cm³/mol. The number of ether oxygens (including phenoxy) is 2. The Morgan fingerprint density at radius 2 is 1.97 bits per heavy atom. The first-order valence-electron chi connectivity index (χ1n) is 10.1. The largest absolute Gasteiger partial charge is 0.491 e. The average Bonchev–Trinajstić information content (AvgIpc) is 2.79. The summed E-state index contributed by atoms with van der Waals surface area (Å²) in [5.41, 5.74) is 3.51. The summed E-state index contributed by atoms with van der Waals surface area (Å²) in [5, 5.41) is 12.9. The van der Waals surface area contributed by atoms with Gasteiger partial charge in [0.1, 0.15) is 12.4 Å². The summed E-state index contributed by atoms with van der Waals surface area (Å²) in [5.74, 6) is -0.0140. The maximum atomic E-state index is 11.7. The first kappa shape index (κ1) is 19.8. The second-order valence-corrected chi connectivity index (χ2v) is 7.13. The van der Waals surface area contributed by atoms with Crippen molar-refractivity contribution in [3.63, 3.8) is 0 Å². The van der Waals surface area contributed by atoms with Crippen LogP contribution in [0.25, 0.3) is 11.3 Å². The van der Waals surface area contributed by atoms with Crippen molar-refractivity contribution in [2.45, 2.75) is 19.3 Å². The summed E-state index contributed by atoms with van der Waals surface area (Å²) in [7, 11) is 0. The molecule has 0 fully saturated rings. The molecule has 6 heteroatoms. The Labute approximate surface area is 175 Å². The molecule has 0 aliphatic carbocycles. The molecule has 2 heterocycles. The lowest BCUT2D eigenvalue weighted by Gasteiger charge is -2.19. The molecule has 30 heavy (non-hydrogen) atoms. The number of nitrogens with zero attached hydrogens (tertiary/aromatic N) is 1. The van der Waals surface area contributed by atoms with E-state index in [0.29, 0.717) is 24.7 Å². The third kappa shape index (κ3) is 4.71. The van der Waals surface area contributed by atoms with Crippen molar-refractivity contribution < 1.29 is 19.4 Å². The number of benzene rings is 2. The number of nitrogens with one attached hydrogen (secondary N) is 1. The Morgan fingerprint density at radius 3 is 2.80 bits per heavy atom. The van der Waals surface area contributed by atoms with Crippen LogP contribution >= 0.6 is 0 Å². The van der Waals surface area contributed by atoms with Crippen molar-refractivity contribution in [3.05, 3.63) is 71.9 Å². The fourth-order valence-electron chi connectivity index (χ4n) is 3.43. The summed E-state index contributed by atoms with van der Waals surface area (Å²) in [6, 6.07) is 19.4. The van der Waals surface area contributed by atoms with Crippen molar-refractivity contribution in [2.24, 2.45) is 0 Å². The van der Waals surface area contributed by atoms with Gasteiger partial charge in [-0.15, -0.1) is 0 Å². The number of carbonyl (C=O) groups is 1. The van der Waals surface area contributed by atoms with Crippen LogP contribution in [-0.2, 0) is 6.42 Å². The van der Waals surface area contributed by atoms with Gasteiger partial charge in [0.15, 0.2) is 11.4 Å². The molecule has 154 valence electrons. The molecule has 0 bridgehead atoms. The zero-order chi connectivity index (χ0) is 20.8. The van der Waals surface area contributed by atoms with E-state index in [4.69, 9.17) is 9.47 Å². The zero-order valence-corrected chi connectivity index (χ0v) is 16.6. The molecule has 1 aliphatic rings. The van der Waals surface area contributed by atoms with Gasteiger partial charge < -0.3 is 19.9 Å². The second-order valence-electron chi connectivity index (χ2n) is 7.13. The summed E-state index contributed by atoms with van der Waals surface area (Å²) >= 11 is 0. The minimum Gasteiger partial charge on any atom is -0.491 e. The Morgan fingerprint density at radius 1 is 1.10 bits per heavy atom. The van der Waals surface area contributed by atoms with Gasteiger partial charge >= 0.3 is 5.97 Å². The van der Waals surface area contributed by atoms with Crippen molar-refractivity contribution >= 4 is 11.7 Å². The number of unbranched alkanes of at least 4 members (excludes halogenated alkanes) is 1. The fourth-order valence-corrected chi connectivity index (χ4v) is 3.43. The molecule has 1 aromatic heterocycles. The van der Waals surface area contributed by atoms with E-state index in [1.54, 1.807) is 12.1 Å². The lowest BCUT2D eigenvalue weighted by molar-refractivity contribution is 0.0685. The number of carboxylic acid groups (broad SMARTS) is 1. The number of fused-ring (bicyclic) bond motifs is 1. The van der Waals surface area contributed by atoms with E-state index in [9.17, 15) is 9.90 Å². The number of aryl methyl sites for hydroxylation is 1. The van der Waals surface area contributed by atoms with Crippen LogP contribution in [0.15, 0.2) is 60.7 Å². The molecular formula is C24H24N2O4. The van der Waals surface area contributed by atoms with Gasteiger partial charge in [0.2, 0.25) is 0 Å². The smallest absolute Gasteiger partial charge is 0.358 e. The highest BCUT2D eigenvalue weighted by Crippen LogP contribution is 2.32. The molecule has 3 aromatic rings. The molecule has 0 spiro atoms. The quantitative estimate of drug-likeness (QED) is 0.532. The van der Waals surface area contributed by atoms with E-state index < -0.39 is 5.97 Å². The first-order valence-corrected chi connectivity index (χ1v) is 10.1. The van der Waals surface area contributed by atoms with Gasteiger partial charge in [-0.3, -0.25) is 0 Å². The number of rotatable bonds is 8. The Balaban J connectivity index is 1.41. The molecule has 4 rings (SSSR count). The topological polar surface area (TPSA) is 80.7 Å². The summed E-state index contributed by atoms with van der Waals surface area (Å²) < 4.78 is 11.3. The third-order valence-corrected chi connectivity index (χ3v) is 4.97. The molecule has 0 radical (unpaired) electrons. The highest BCUT2D eigenvalue weighted by molar-refractivity contribution is 5.89. The lowest BCUT2D eigenvalue weighted by Crippen LogP contribution is -2.17. The number of aromatic nitrogens is 1. The molecule has 0 amide bonds. The average molecular weight is 404 g/mol. The summed E-state index contributed by atoms with van der Waals surface area (Å²) in [4.78, 5) is 16.1. The highest BCUT2D eigenvalue weighted by Gasteiger charge is 2.17. The minimum atomic E-state index is -1.10. The number of anilines is 1. The number of hydrogen-bond donors (Lipinski definition) is 2. The Kier molecular flexibility index (Phi) is 6.13. The Bertz CT molecular complexity index is 1020. The van der Waals surface area contributed by atoms with Gasteiger partial charge in [0.05, 0.1) is 18.0 Å². The molecule has 0 saturated carbocycles. The van der Waals surface area contributed by atoms with Gasteiger partial charge in [-0.05, 0) is 55.2 Å². The predicted octanol–water partition coefficient (Wildman–Crippen LogP) is 4.65. The number of aromatic carboxylic acids is 1. The van der Waals surface area contributed by atoms with Crippen molar-refractivity contribution in [1.82, 2.24) is 4.98 Å². The van der Waals surface area contributed by atoms with Crippen LogP contribution in [0.2, 0.25) is 0 Å². The van der Waals surface area contributed by atoms with Crippen LogP contribution < -0.4 is 14.8 Å². The van der Waals surface area contributed by atoms with Gasteiger partial charge in [-0.1, -0.05) is 30.3 Å². The van der Waals surface area contributed by atoms with Crippen LogP contribution in [0, 0.1) is 0 Å². The molecule has 0 unspecified atom stereocenters. The second kappa shape index (κ2) is 9.31. The van der Waals surface area contributed by atoms with E-state index in [1.807, 2.05) is 36.4 Å². The first-order chi connectivity index (χ1) is 14.7. The molecule has 2 aromatic carbocycles. The van der Waals surface area contributed by atoms with Crippen LogP contribution in [0.3, 0.4) is 0 Å². The molecular weight excluding hydrogens is 380 g/mol. The van der Waals surface area contributed by atoms with Crippen molar-refractivity contribution in [3.8, 4) is 22.8 Å². The van der Waals surface area contributed by atoms with Crippen LogP contribution in [0.1, 0.15) is 28.9 Å². The molecule has 0 atom stereocenters. The molecule has 0 saturated heterocycles. The lowest BCUT2D eigenvalue weighted by atomic mass is 10.1. The van der Waals surface area contributed by atoms with Gasteiger partial charge in [-0.25, -0.2) is 9.78 Å². The van der Waals surface area contributed by atoms with Crippen molar-refractivity contribution in [2.75, 3.05) is 25.1 Å². The molecule has 1 aliphatic heterocycles. The van der Waals surface area contributed by atoms with Gasteiger partial charge in [0.25, 0.3) is 0 Å². The monoisotopic (exact) mass is 404 g/mol. The van der Waals surface area contributed by atoms with Crippen LogP contribution in [0.5, 0.6) is 11.5 Å². The Hall–Kier alpha value is -3.54. The third-order valence-electron chi connectivity index (χ3n) is 4.97. The normalized spacial score (nSPS) is 12.4. The summed E-state index contributed by atoms with van der Waals surface area (Å²) in [6.45, 7) is 1.82. The zero-order valence-electron chi connectivity index (χ0n) is 16.6. The highest BCUT2D eigenvalue weighted by atomic mass is 16.5. The van der Waals surface area contributed by atoms with Crippen LogP contribution in [0.4, 0.5) is 5.69 Å². The van der Waals surface area contributed by atoms with E-state index >= 15 is 0 Å². The van der Waals surface area contributed by atoms with Crippen molar-refractivity contribution in [1.29, 1.82) is 0 Å². The van der Waals surface area contributed by atoms with E-state index in [0.717, 1.165) is 42.8 Å². The van der Waals surface area contributed by atoms with E-state index in [2.05, 4.69) is 22.4 Å². The molecule has 2 N–H and O–H groups in total. The SMILES string of the molecule is O=C(O)c1nc(-c2ccc3c(c2)NCCO3)ccc1OCCCCc1ccccc1. The summed E-state index contributed by atoms with van der Waals surface area (Å²) in [6.07, 6.45) is 2.79. The van der Waals surface area contributed by atoms with E-state index in [1.165, 1.54) is 5.56 Å². The number of hydrogen-bond acceptors (Lipinski definition) is 5. The standard InChI is InChI=1S/C24H24N2O4/c27-24(28)23-22(29-14-5-4-8-17-6-2-1-3-7-17)12-10-19(26-23)18-9-11-21-20(16-18)25-13-15-30-21/h1-3,6-7,9-12,16,25H,4-5,8,13-15H2,(H,27,28). The maximum absolute atomic E-state index is 11.7. The molecule has 6 nitrogen and oxygen atoms in total. The fraction of sp³-hybridized carbons (Fsp3) is 0.250. The van der Waals surface area contributed by atoms with Gasteiger partial charge in [-0.2, -0.15) is 0 Å². The van der Waals surface area contributed by atoms with E-state index in [-0.39, 0.29) is 5.69 Å². The minimum absolute atomic E-state index is 0.0718. The maximum Gasteiger partial charge on any atom is 0.358 e. The van der Waals surface area contributed by atoms with Gasteiger partial charge in [0, 0.05) is 12.1 Å². The number of pyridine rings is 1.